The number of nitrogens with one attached hydrogen (secondary N) is 1. The second-order valence-corrected chi connectivity index (χ2v) is 8.56. The molecule has 1 amide bonds. The Labute approximate surface area is 190 Å². The number of fused-ring (bicyclic) bond motifs is 1. The number of amides is 1. The summed E-state index contributed by atoms with van der Waals surface area (Å²) in [6.07, 6.45) is 0.897. The lowest BCUT2D eigenvalue weighted by Gasteiger charge is -2.07. The van der Waals surface area contributed by atoms with E-state index in [1.165, 1.54) is 7.11 Å². The largest absolute Gasteiger partial charge is 0.469 e. The van der Waals surface area contributed by atoms with Crippen LogP contribution >= 0.6 is 11.3 Å². The number of esters is 1. The van der Waals surface area contributed by atoms with Crippen LogP contribution < -0.4 is 5.32 Å². The number of aryl methyl sites for hydroxylation is 1. The van der Waals surface area contributed by atoms with Gasteiger partial charge in [-0.2, -0.15) is 5.10 Å². The van der Waals surface area contributed by atoms with Gasteiger partial charge in [-0.3, -0.25) is 9.59 Å². The lowest BCUT2D eigenvalue weighted by atomic mass is 10.1. The van der Waals surface area contributed by atoms with Gasteiger partial charge in [-0.15, -0.1) is 11.3 Å². The summed E-state index contributed by atoms with van der Waals surface area (Å²) in [6, 6.07) is 15.2. The van der Waals surface area contributed by atoms with Gasteiger partial charge < -0.3 is 10.1 Å². The number of thiazole rings is 1. The maximum atomic E-state index is 12.6. The van der Waals surface area contributed by atoms with Crippen LogP contribution in [0, 0.1) is 13.8 Å². The number of methoxy groups -OCH3 is 1. The zero-order valence-corrected chi connectivity index (χ0v) is 19.0. The molecular formula is C24H24N4O3S. The van der Waals surface area contributed by atoms with Gasteiger partial charge in [0, 0.05) is 17.7 Å². The molecule has 0 aliphatic carbocycles. The maximum absolute atomic E-state index is 12.6. The standard InChI is InChI=1S/C24H24N4O3S/c1-15-19(12-13-23(29)31-3)16(2)28(27-15)18-10-8-17(9-11-18)24(30)25-14-22-26-20-6-4-5-7-21(20)32-22/h4-11H,12-14H2,1-3H3,(H,25,30). The first-order valence-electron chi connectivity index (χ1n) is 10.3. The van der Waals surface area contributed by atoms with Crippen molar-refractivity contribution >= 4 is 33.4 Å². The van der Waals surface area contributed by atoms with Crippen LogP contribution in [0.15, 0.2) is 48.5 Å². The lowest BCUT2D eigenvalue weighted by Crippen LogP contribution is -2.22. The molecule has 0 saturated heterocycles. The van der Waals surface area contributed by atoms with Gasteiger partial charge in [0.1, 0.15) is 5.01 Å². The van der Waals surface area contributed by atoms with Crippen molar-refractivity contribution in [1.82, 2.24) is 20.1 Å². The van der Waals surface area contributed by atoms with Crippen LogP contribution in [0.3, 0.4) is 0 Å². The lowest BCUT2D eigenvalue weighted by molar-refractivity contribution is -0.140. The van der Waals surface area contributed by atoms with E-state index in [2.05, 4.69) is 15.4 Å². The second-order valence-electron chi connectivity index (χ2n) is 7.44. The Morgan fingerprint density at radius 1 is 1.09 bits per heavy atom. The number of nitrogens with zero attached hydrogens (tertiary/aromatic N) is 3. The summed E-state index contributed by atoms with van der Waals surface area (Å²) in [5.74, 6) is -0.388. The Bertz CT molecular complexity index is 1240. The Morgan fingerprint density at radius 2 is 1.84 bits per heavy atom. The molecule has 0 atom stereocenters. The van der Waals surface area contributed by atoms with E-state index in [9.17, 15) is 9.59 Å². The van der Waals surface area contributed by atoms with Crippen LogP contribution in [0.2, 0.25) is 0 Å². The Balaban J connectivity index is 1.43. The summed E-state index contributed by atoms with van der Waals surface area (Å²) >= 11 is 1.58. The highest BCUT2D eigenvalue weighted by Crippen LogP contribution is 2.22. The van der Waals surface area contributed by atoms with E-state index in [0.717, 1.165) is 37.9 Å². The smallest absolute Gasteiger partial charge is 0.305 e. The highest BCUT2D eigenvalue weighted by molar-refractivity contribution is 7.18. The van der Waals surface area contributed by atoms with Crippen molar-refractivity contribution in [3.8, 4) is 5.69 Å². The molecule has 1 N–H and O–H groups in total. The van der Waals surface area contributed by atoms with E-state index in [-0.39, 0.29) is 11.9 Å². The zero-order chi connectivity index (χ0) is 22.7. The Morgan fingerprint density at radius 3 is 2.56 bits per heavy atom. The molecular weight excluding hydrogens is 424 g/mol. The topological polar surface area (TPSA) is 86.1 Å². The fourth-order valence-electron chi connectivity index (χ4n) is 3.62. The number of aromatic nitrogens is 3. The van der Waals surface area contributed by atoms with Gasteiger partial charge in [0.15, 0.2) is 0 Å². The number of ether oxygens (including phenoxy) is 1. The molecule has 0 aliphatic heterocycles. The first kappa shape index (κ1) is 21.7. The predicted octanol–water partition coefficient (Wildman–Crippen LogP) is 4.13. The molecule has 0 spiro atoms. The van der Waals surface area contributed by atoms with Crippen molar-refractivity contribution in [2.45, 2.75) is 33.2 Å². The van der Waals surface area contributed by atoms with Gasteiger partial charge in [-0.25, -0.2) is 9.67 Å². The summed E-state index contributed by atoms with van der Waals surface area (Å²) in [4.78, 5) is 28.6. The molecule has 4 aromatic rings. The monoisotopic (exact) mass is 448 g/mol. The molecule has 0 aliphatic rings. The van der Waals surface area contributed by atoms with Crippen molar-refractivity contribution in [3.63, 3.8) is 0 Å². The van der Waals surface area contributed by atoms with Crippen molar-refractivity contribution < 1.29 is 14.3 Å². The van der Waals surface area contributed by atoms with Gasteiger partial charge in [-0.1, -0.05) is 12.1 Å². The van der Waals surface area contributed by atoms with Gasteiger partial charge in [-0.05, 0) is 62.2 Å². The van der Waals surface area contributed by atoms with Crippen molar-refractivity contribution in [2.75, 3.05) is 7.11 Å². The summed E-state index contributed by atoms with van der Waals surface area (Å²) in [5.41, 5.74) is 5.26. The quantitative estimate of drug-likeness (QED) is 0.430. The highest BCUT2D eigenvalue weighted by atomic mass is 32.1. The third-order valence-electron chi connectivity index (χ3n) is 5.36. The summed E-state index contributed by atoms with van der Waals surface area (Å²) in [5, 5.41) is 8.42. The first-order chi connectivity index (χ1) is 15.5. The third-order valence-corrected chi connectivity index (χ3v) is 6.40. The Kier molecular flexibility index (Phi) is 6.32. The summed E-state index contributed by atoms with van der Waals surface area (Å²) < 4.78 is 7.68. The van der Waals surface area contributed by atoms with E-state index in [4.69, 9.17) is 4.74 Å². The molecule has 8 heteroatoms. The molecule has 0 bridgehead atoms. The van der Waals surface area contributed by atoms with E-state index in [0.29, 0.717) is 24.9 Å². The van der Waals surface area contributed by atoms with Crippen molar-refractivity contribution in [1.29, 1.82) is 0 Å². The van der Waals surface area contributed by atoms with Crippen LogP contribution in [-0.4, -0.2) is 33.8 Å². The maximum Gasteiger partial charge on any atom is 0.305 e. The van der Waals surface area contributed by atoms with Gasteiger partial charge in [0.25, 0.3) is 5.91 Å². The number of hydrogen-bond donors (Lipinski definition) is 1. The van der Waals surface area contributed by atoms with Crippen LogP contribution in [0.5, 0.6) is 0 Å². The number of hydrogen-bond acceptors (Lipinski definition) is 6. The van der Waals surface area contributed by atoms with E-state index in [1.54, 1.807) is 23.5 Å². The highest BCUT2D eigenvalue weighted by Gasteiger charge is 2.15. The number of rotatable bonds is 7. The Hall–Kier alpha value is -3.52. The number of carbonyl (C=O) groups is 2. The van der Waals surface area contributed by atoms with Crippen molar-refractivity contribution in [3.05, 3.63) is 76.1 Å². The first-order valence-corrected chi connectivity index (χ1v) is 11.1. The molecule has 0 saturated carbocycles. The fraction of sp³-hybridized carbons (Fsp3) is 0.250. The van der Waals surface area contributed by atoms with Crippen LogP contribution in [0.25, 0.3) is 15.9 Å². The summed E-state index contributed by atoms with van der Waals surface area (Å²) in [6.45, 7) is 4.30. The van der Waals surface area contributed by atoms with Gasteiger partial charge >= 0.3 is 5.97 Å². The minimum atomic E-state index is -0.238. The molecule has 0 unspecified atom stereocenters. The third kappa shape index (κ3) is 4.55. The van der Waals surface area contributed by atoms with Gasteiger partial charge in [0.2, 0.25) is 0 Å². The number of carbonyl (C=O) groups excluding carboxylic acids is 2. The molecule has 2 heterocycles. The molecule has 2 aromatic heterocycles. The number of para-hydroxylation sites is 1. The molecule has 0 fully saturated rings. The second kappa shape index (κ2) is 9.32. The van der Waals surface area contributed by atoms with E-state index in [1.807, 2.05) is 54.9 Å². The van der Waals surface area contributed by atoms with Crippen LogP contribution in [0.4, 0.5) is 0 Å². The van der Waals surface area contributed by atoms with E-state index >= 15 is 0 Å². The number of benzene rings is 2. The minimum absolute atomic E-state index is 0.150. The van der Waals surface area contributed by atoms with E-state index < -0.39 is 0 Å². The average Bonchev–Trinajstić information content (AvgIpc) is 3.35. The normalized spacial score (nSPS) is 11.0. The van der Waals surface area contributed by atoms with Crippen molar-refractivity contribution in [2.24, 2.45) is 0 Å². The minimum Gasteiger partial charge on any atom is -0.469 e. The average molecular weight is 449 g/mol. The molecule has 164 valence electrons. The molecule has 4 rings (SSSR count). The van der Waals surface area contributed by atoms with Crippen LogP contribution in [-0.2, 0) is 22.5 Å². The molecule has 0 radical (unpaired) electrons. The zero-order valence-electron chi connectivity index (χ0n) is 18.2. The molecule has 2 aromatic carbocycles. The molecule has 7 nitrogen and oxygen atoms in total. The molecule has 32 heavy (non-hydrogen) atoms. The summed E-state index contributed by atoms with van der Waals surface area (Å²) in [7, 11) is 1.39. The van der Waals surface area contributed by atoms with Gasteiger partial charge in [0.05, 0.1) is 35.3 Å². The predicted molar refractivity (Wildman–Crippen MR) is 124 cm³/mol. The fourth-order valence-corrected chi connectivity index (χ4v) is 4.53. The SMILES string of the molecule is COC(=O)CCc1c(C)nn(-c2ccc(C(=O)NCc3nc4ccccc4s3)cc2)c1C. The van der Waals surface area contributed by atoms with Crippen LogP contribution in [0.1, 0.15) is 38.7 Å².